The summed E-state index contributed by atoms with van der Waals surface area (Å²) >= 11 is 0. The lowest BCUT2D eigenvalue weighted by Gasteiger charge is -2.32. The van der Waals surface area contributed by atoms with Crippen molar-refractivity contribution in [3.8, 4) is 0 Å². The number of aromatic nitrogens is 2. The van der Waals surface area contributed by atoms with Crippen LogP contribution in [-0.2, 0) is 11.3 Å². The van der Waals surface area contributed by atoms with Crippen molar-refractivity contribution < 1.29 is 9.90 Å². The maximum absolute atomic E-state index is 12.2. The van der Waals surface area contributed by atoms with Gasteiger partial charge in [-0.1, -0.05) is 0 Å². The number of hydrogen-bond acceptors (Lipinski definition) is 4. The van der Waals surface area contributed by atoms with Crippen molar-refractivity contribution in [3.63, 3.8) is 0 Å². The molecule has 0 unspecified atom stereocenters. The van der Waals surface area contributed by atoms with Gasteiger partial charge in [-0.2, -0.15) is 0 Å². The Hall–Kier alpha value is -1.40. The summed E-state index contributed by atoms with van der Waals surface area (Å²) in [5.41, 5.74) is 0. The molecule has 1 saturated heterocycles. The molecule has 6 heteroatoms. The first kappa shape index (κ1) is 15.0. The summed E-state index contributed by atoms with van der Waals surface area (Å²) in [6, 6.07) is 0.316. The van der Waals surface area contributed by atoms with Crippen LogP contribution in [0.4, 0.5) is 0 Å². The zero-order chi connectivity index (χ0) is 14.7. The quantitative estimate of drug-likeness (QED) is 0.837. The molecule has 0 saturated carbocycles. The van der Waals surface area contributed by atoms with Crippen molar-refractivity contribution in [2.24, 2.45) is 5.92 Å². The summed E-state index contributed by atoms with van der Waals surface area (Å²) in [7, 11) is 1.97. The number of rotatable bonds is 4. The number of nitrogens with one attached hydrogen (secondary N) is 1. The number of aliphatic hydroxyl groups excluding tert-OH is 1. The Kier molecular flexibility index (Phi) is 4.77. The van der Waals surface area contributed by atoms with Gasteiger partial charge < -0.3 is 19.9 Å². The lowest BCUT2D eigenvalue weighted by atomic mass is 9.94. The van der Waals surface area contributed by atoms with E-state index in [4.69, 9.17) is 0 Å². The highest BCUT2D eigenvalue weighted by molar-refractivity contribution is 5.79. The molecule has 2 atom stereocenters. The number of carbonyl (C=O) groups is 1. The van der Waals surface area contributed by atoms with E-state index in [-0.39, 0.29) is 11.8 Å². The van der Waals surface area contributed by atoms with Crippen LogP contribution in [0, 0.1) is 5.92 Å². The molecule has 1 aromatic heterocycles. The maximum atomic E-state index is 12.2. The van der Waals surface area contributed by atoms with Gasteiger partial charge in [0.2, 0.25) is 5.91 Å². The smallest absolute Gasteiger partial charge is 0.227 e. The maximum Gasteiger partial charge on any atom is 0.227 e. The summed E-state index contributed by atoms with van der Waals surface area (Å²) in [5.74, 6) is 0.394. The minimum atomic E-state index is -0.545. The second-order valence-electron chi connectivity index (χ2n) is 5.79. The van der Waals surface area contributed by atoms with Crippen molar-refractivity contribution in [1.29, 1.82) is 0 Å². The van der Waals surface area contributed by atoms with Crippen molar-refractivity contribution >= 4 is 5.91 Å². The van der Waals surface area contributed by atoms with Gasteiger partial charge in [-0.05, 0) is 27.3 Å². The first-order valence-electron chi connectivity index (χ1n) is 7.15. The van der Waals surface area contributed by atoms with Gasteiger partial charge in [0.15, 0.2) is 0 Å². The molecule has 20 heavy (non-hydrogen) atoms. The topological polar surface area (TPSA) is 70.4 Å². The molecule has 0 radical (unpaired) electrons. The minimum Gasteiger partial charge on any atom is -0.392 e. The van der Waals surface area contributed by atoms with Gasteiger partial charge in [0.25, 0.3) is 0 Å². The van der Waals surface area contributed by atoms with Crippen LogP contribution in [0.3, 0.4) is 0 Å². The number of nitrogens with zero attached hydrogens (tertiary/aromatic N) is 3. The van der Waals surface area contributed by atoms with Gasteiger partial charge in [0, 0.05) is 31.5 Å². The molecule has 112 valence electrons. The third-order valence-corrected chi connectivity index (χ3v) is 3.84. The highest BCUT2D eigenvalue weighted by Crippen LogP contribution is 2.16. The van der Waals surface area contributed by atoms with E-state index in [1.54, 1.807) is 6.20 Å². The molecule has 2 heterocycles. The Morgan fingerprint density at radius 2 is 2.35 bits per heavy atom. The molecule has 0 aromatic carbocycles. The van der Waals surface area contributed by atoms with Crippen LogP contribution in [0.2, 0.25) is 0 Å². The molecule has 2 rings (SSSR count). The molecule has 1 aliphatic rings. The molecule has 1 fully saturated rings. The number of likely N-dealkylation sites (tertiary alicyclic amines) is 1. The van der Waals surface area contributed by atoms with E-state index >= 15 is 0 Å². The normalized spacial score (nSPS) is 24.1. The van der Waals surface area contributed by atoms with E-state index < -0.39 is 6.10 Å². The number of aliphatic hydroxyl groups is 1. The van der Waals surface area contributed by atoms with Crippen LogP contribution in [0.5, 0.6) is 0 Å². The summed E-state index contributed by atoms with van der Waals surface area (Å²) in [6.45, 7) is 5.99. The van der Waals surface area contributed by atoms with Gasteiger partial charge in [-0.15, -0.1) is 0 Å². The number of imidazole rings is 1. The van der Waals surface area contributed by atoms with Gasteiger partial charge in [-0.3, -0.25) is 4.79 Å². The average molecular weight is 280 g/mol. The second-order valence-corrected chi connectivity index (χ2v) is 5.79. The van der Waals surface area contributed by atoms with E-state index in [0.717, 1.165) is 12.4 Å². The Bertz CT molecular complexity index is 458. The van der Waals surface area contributed by atoms with Crippen molar-refractivity contribution in [3.05, 3.63) is 18.2 Å². The van der Waals surface area contributed by atoms with E-state index in [0.29, 0.717) is 25.6 Å². The van der Waals surface area contributed by atoms with Gasteiger partial charge in [-0.25, -0.2) is 4.98 Å². The van der Waals surface area contributed by atoms with Crippen LogP contribution in [-0.4, -0.2) is 51.7 Å². The zero-order valence-corrected chi connectivity index (χ0v) is 12.4. The number of hydrogen-bond donors (Lipinski definition) is 2. The Balaban J connectivity index is 1.93. The second kappa shape index (κ2) is 6.37. The first-order chi connectivity index (χ1) is 9.49. The van der Waals surface area contributed by atoms with E-state index in [9.17, 15) is 9.90 Å². The standard InChI is InChI=1S/C14H24N4O2/c1-10(2)18-7-5-15-13(18)8-16-14(20)11-9-17(3)6-4-12(11)19/h5,7,10-12,19H,4,6,8-9H2,1-3H3,(H,16,20)/t11-,12+/m1/s1. The first-order valence-corrected chi connectivity index (χ1v) is 7.15. The Morgan fingerprint density at radius 1 is 1.60 bits per heavy atom. The molecule has 0 bridgehead atoms. The fourth-order valence-corrected chi connectivity index (χ4v) is 2.61. The van der Waals surface area contributed by atoms with Crippen LogP contribution >= 0.6 is 0 Å². The summed E-state index contributed by atoms with van der Waals surface area (Å²) < 4.78 is 2.03. The molecular formula is C14H24N4O2. The SMILES string of the molecule is CC(C)n1ccnc1CNC(=O)[C@@H]1CN(C)CC[C@@H]1O. The van der Waals surface area contributed by atoms with Gasteiger partial charge in [0.05, 0.1) is 18.6 Å². The number of piperidine rings is 1. The molecule has 6 nitrogen and oxygen atoms in total. The monoisotopic (exact) mass is 280 g/mol. The molecule has 0 aliphatic carbocycles. The lowest BCUT2D eigenvalue weighted by molar-refractivity contribution is -0.131. The minimum absolute atomic E-state index is 0.0950. The van der Waals surface area contributed by atoms with Crippen molar-refractivity contribution in [1.82, 2.24) is 19.8 Å². The molecule has 0 spiro atoms. The fraction of sp³-hybridized carbons (Fsp3) is 0.714. The van der Waals surface area contributed by atoms with Crippen LogP contribution in [0.1, 0.15) is 32.1 Å². The molecule has 1 aliphatic heterocycles. The summed E-state index contributed by atoms with van der Waals surface area (Å²) in [5, 5.41) is 12.8. The van der Waals surface area contributed by atoms with E-state index in [2.05, 4.69) is 29.0 Å². The molecule has 1 amide bonds. The predicted molar refractivity (Wildman–Crippen MR) is 76.1 cm³/mol. The van der Waals surface area contributed by atoms with Crippen LogP contribution in [0.15, 0.2) is 12.4 Å². The highest BCUT2D eigenvalue weighted by atomic mass is 16.3. The molecule has 2 N–H and O–H groups in total. The summed E-state index contributed by atoms with van der Waals surface area (Å²) in [4.78, 5) is 18.5. The predicted octanol–water partition coefficient (Wildman–Crippen LogP) is 0.393. The van der Waals surface area contributed by atoms with E-state index in [1.165, 1.54) is 0 Å². The van der Waals surface area contributed by atoms with Gasteiger partial charge >= 0.3 is 0 Å². The van der Waals surface area contributed by atoms with Crippen LogP contribution in [0.25, 0.3) is 0 Å². The average Bonchev–Trinajstić information content (AvgIpc) is 2.87. The zero-order valence-electron chi connectivity index (χ0n) is 12.4. The van der Waals surface area contributed by atoms with Crippen molar-refractivity contribution in [2.75, 3.05) is 20.1 Å². The van der Waals surface area contributed by atoms with E-state index in [1.807, 2.05) is 17.8 Å². The van der Waals surface area contributed by atoms with Crippen LogP contribution < -0.4 is 5.32 Å². The van der Waals surface area contributed by atoms with Gasteiger partial charge in [0.1, 0.15) is 5.82 Å². The Labute approximate surface area is 119 Å². The third kappa shape index (κ3) is 3.37. The number of amides is 1. The highest BCUT2D eigenvalue weighted by Gasteiger charge is 2.31. The molecular weight excluding hydrogens is 256 g/mol. The van der Waals surface area contributed by atoms with Crippen molar-refractivity contribution in [2.45, 2.75) is 39.0 Å². The third-order valence-electron chi connectivity index (χ3n) is 3.84. The fourth-order valence-electron chi connectivity index (χ4n) is 2.61. The molecule has 1 aromatic rings. The number of carbonyl (C=O) groups excluding carboxylic acids is 1. The summed E-state index contributed by atoms with van der Waals surface area (Å²) in [6.07, 6.45) is 3.76. The largest absolute Gasteiger partial charge is 0.392 e. The Morgan fingerprint density at radius 3 is 3.05 bits per heavy atom. The lowest BCUT2D eigenvalue weighted by Crippen LogP contribution is -2.48.